The van der Waals surface area contributed by atoms with Crippen LogP contribution in [0.2, 0.25) is 0 Å². The number of anilines is 1. The smallest absolute Gasteiger partial charge is 0.414 e. The zero-order valence-corrected chi connectivity index (χ0v) is 9.14. The quantitative estimate of drug-likeness (QED) is 0.843. The molecule has 1 atom stereocenters. The normalized spacial score (nSPS) is 19.3. The maximum atomic E-state index is 13.5. The van der Waals surface area contributed by atoms with Gasteiger partial charge in [-0.15, -0.1) is 0 Å². The Morgan fingerprint density at radius 3 is 2.76 bits per heavy atom. The van der Waals surface area contributed by atoms with Crippen LogP contribution in [-0.4, -0.2) is 24.6 Å². The van der Waals surface area contributed by atoms with Gasteiger partial charge in [-0.3, -0.25) is 9.69 Å². The van der Waals surface area contributed by atoms with Gasteiger partial charge in [-0.05, 0) is 25.1 Å². The SMILES string of the molecule is CC1COC(=O)N1c1ccc(C(N)=O)c(F)c1. The molecule has 1 aliphatic heterocycles. The van der Waals surface area contributed by atoms with E-state index >= 15 is 0 Å². The third kappa shape index (κ3) is 1.93. The lowest BCUT2D eigenvalue weighted by molar-refractivity contribution is 0.0996. The minimum atomic E-state index is -0.842. The molecule has 1 fully saturated rings. The van der Waals surface area contributed by atoms with E-state index in [9.17, 15) is 14.0 Å². The maximum absolute atomic E-state index is 13.5. The number of hydrogen-bond donors (Lipinski definition) is 1. The van der Waals surface area contributed by atoms with Gasteiger partial charge in [-0.25, -0.2) is 9.18 Å². The van der Waals surface area contributed by atoms with Crippen LogP contribution in [-0.2, 0) is 4.74 Å². The van der Waals surface area contributed by atoms with E-state index in [0.717, 1.165) is 6.07 Å². The Hall–Kier alpha value is -2.11. The highest BCUT2D eigenvalue weighted by molar-refractivity contribution is 5.95. The van der Waals surface area contributed by atoms with Crippen LogP contribution >= 0.6 is 0 Å². The molecule has 2 amide bonds. The summed E-state index contributed by atoms with van der Waals surface area (Å²) in [7, 11) is 0. The van der Waals surface area contributed by atoms with Gasteiger partial charge in [0.2, 0.25) is 0 Å². The predicted octanol–water partition coefficient (Wildman–Crippen LogP) is 1.27. The van der Waals surface area contributed by atoms with E-state index < -0.39 is 17.8 Å². The number of carbonyl (C=O) groups is 2. The Balaban J connectivity index is 2.38. The fourth-order valence-corrected chi connectivity index (χ4v) is 1.73. The standard InChI is InChI=1S/C11H11FN2O3/c1-6-5-17-11(16)14(6)7-2-3-8(10(13)15)9(12)4-7/h2-4,6H,5H2,1H3,(H2,13,15). The number of rotatable bonds is 2. The third-order valence-corrected chi connectivity index (χ3v) is 2.58. The molecule has 0 bridgehead atoms. The van der Waals surface area contributed by atoms with Crippen LogP contribution in [0.25, 0.3) is 0 Å². The van der Waals surface area contributed by atoms with Gasteiger partial charge in [0.15, 0.2) is 0 Å². The Kier molecular flexibility index (Phi) is 2.71. The summed E-state index contributed by atoms with van der Waals surface area (Å²) in [5.74, 6) is -1.59. The fourth-order valence-electron chi connectivity index (χ4n) is 1.73. The van der Waals surface area contributed by atoms with Gasteiger partial charge in [0.05, 0.1) is 17.3 Å². The molecule has 1 aromatic rings. The van der Waals surface area contributed by atoms with Crippen LogP contribution in [0, 0.1) is 5.82 Å². The van der Waals surface area contributed by atoms with E-state index in [1.807, 2.05) is 0 Å². The van der Waals surface area contributed by atoms with E-state index in [2.05, 4.69) is 0 Å². The van der Waals surface area contributed by atoms with E-state index in [-0.39, 0.29) is 18.2 Å². The number of hydrogen-bond acceptors (Lipinski definition) is 3. The molecule has 0 radical (unpaired) electrons. The summed E-state index contributed by atoms with van der Waals surface area (Å²) in [6.45, 7) is 2.04. The van der Waals surface area contributed by atoms with Gasteiger partial charge in [-0.1, -0.05) is 0 Å². The van der Waals surface area contributed by atoms with Crippen molar-refractivity contribution in [1.82, 2.24) is 0 Å². The summed E-state index contributed by atoms with van der Waals surface area (Å²) in [5.41, 5.74) is 5.14. The molecular formula is C11H11FN2O3. The second-order valence-electron chi connectivity index (χ2n) is 3.82. The Labute approximate surface area is 97.0 Å². The molecule has 1 unspecified atom stereocenters. The molecule has 1 heterocycles. The van der Waals surface area contributed by atoms with Crippen molar-refractivity contribution in [1.29, 1.82) is 0 Å². The molecule has 5 nitrogen and oxygen atoms in total. The lowest BCUT2D eigenvalue weighted by atomic mass is 10.1. The molecule has 0 spiro atoms. The molecule has 17 heavy (non-hydrogen) atoms. The monoisotopic (exact) mass is 238 g/mol. The van der Waals surface area contributed by atoms with Crippen molar-refractivity contribution in [3.8, 4) is 0 Å². The van der Waals surface area contributed by atoms with Crippen molar-refractivity contribution >= 4 is 17.7 Å². The van der Waals surface area contributed by atoms with Gasteiger partial charge in [-0.2, -0.15) is 0 Å². The van der Waals surface area contributed by atoms with Crippen molar-refractivity contribution in [2.75, 3.05) is 11.5 Å². The highest BCUT2D eigenvalue weighted by Crippen LogP contribution is 2.24. The highest BCUT2D eigenvalue weighted by atomic mass is 19.1. The lowest BCUT2D eigenvalue weighted by Crippen LogP contribution is -2.31. The molecule has 1 aliphatic rings. The summed E-state index contributed by atoms with van der Waals surface area (Å²) < 4.78 is 18.4. The van der Waals surface area contributed by atoms with Crippen molar-refractivity contribution < 1.29 is 18.7 Å². The highest BCUT2D eigenvalue weighted by Gasteiger charge is 2.31. The number of halogens is 1. The number of carbonyl (C=O) groups excluding carboxylic acids is 2. The Bertz CT molecular complexity index is 490. The number of cyclic esters (lactones) is 1. The topological polar surface area (TPSA) is 72.6 Å². The first kappa shape index (κ1) is 11.4. The van der Waals surface area contributed by atoms with Gasteiger partial charge < -0.3 is 10.5 Å². The van der Waals surface area contributed by atoms with Crippen molar-refractivity contribution in [2.24, 2.45) is 5.73 Å². The predicted molar refractivity (Wildman–Crippen MR) is 58.2 cm³/mol. The Morgan fingerprint density at radius 1 is 1.59 bits per heavy atom. The molecule has 90 valence electrons. The fraction of sp³-hybridized carbons (Fsp3) is 0.273. The number of nitrogens with two attached hydrogens (primary N) is 1. The minimum Gasteiger partial charge on any atom is -0.447 e. The van der Waals surface area contributed by atoms with E-state index in [0.29, 0.717) is 5.69 Å². The lowest BCUT2D eigenvalue weighted by Gasteiger charge is -2.18. The van der Waals surface area contributed by atoms with E-state index in [4.69, 9.17) is 10.5 Å². The summed E-state index contributed by atoms with van der Waals surface area (Å²) >= 11 is 0. The zero-order valence-electron chi connectivity index (χ0n) is 9.14. The van der Waals surface area contributed by atoms with Crippen molar-refractivity contribution in [2.45, 2.75) is 13.0 Å². The molecule has 1 saturated heterocycles. The van der Waals surface area contributed by atoms with E-state index in [1.54, 1.807) is 6.92 Å². The minimum absolute atomic E-state index is 0.165. The zero-order chi connectivity index (χ0) is 12.6. The first-order chi connectivity index (χ1) is 8.00. The van der Waals surface area contributed by atoms with Gasteiger partial charge in [0.1, 0.15) is 12.4 Å². The number of ether oxygens (including phenoxy) is 1. The first-order valence-corrected chi connectivity index (χ1v) is 5.06. The third-order valence-electron chi connectivity index (χ3n) is 2.58. The second kappa shape index (κ2) is 4.04. The average Bonchev–Trinajstić information content (AvgIpc) is 2.58. The van der Waals surface area contributed by atoms with Crippen LogP contribution in [0.5, 0.6) is 0 Å². The van der Waals surface area contributed by atoms with Gasteiger partial charge >= 0.3 is 6.09 Å². The summed E-state index contributed by atoms with van der Waals surface area (Å²) in [5, 5.41) is 0. The molecule has 0 saturated carbocycles. The average molecular weight is 238 g/mol. The molecule has 2 N–H and O–H groups in total. The molecule has 6 heteroatoms. The van der Waals surface area contributed by atoms with Crippen LogP contribution in [0.1, 0.15) is 17.3 Å². The maximum Gasteiger partial charge on any atom is 0.414 e. The number of primary amides is 1. The molecule has 1 aromatic carbocycles. The van der Waals surface area contributed by atoms with Crippen LogP contribution in [0.15, 0.2) is 18.2 Å². The summed E-state index contributed by atoms with van der Waals surface area (Å²) in [6.07, 6.45) is -0.524. The van der Waals surface area contributed by atoms with Gasteiger partial charge in [0, 0.05) is 0 Å². The number of nitrogens with zero attached hydrogens (tertiary/aromatic N) is 1. The second-order valence-corrected chi connectivity index (χ2v) is 3.82. The van der Waals surface area contributed by atoms with E-state index in [1.165, 1.54) is 17.0 Å². The molecule has 2 rings (SSSR count). The first-order valence-electron chi connectivity index (χ1n) is 5.06. The largest absolute Gasteiger partial charge is 0.447 e. The molecule has 0 aliphatic carbocycles. The van der Waals surface area contributed by atoms with Crippen LogP contribution in [0.4, 0.5) is 14.9 Å². The van der Waals surface area contributed by atoms with Crippen LogP contribution in [0.3, 0.4) is 0 Å². The number of benzene rings is 1. The van der Waals surface area contributed by atoms with Crippen molar-refractivity contribution in [3.05, 3.63) is 29.6 Å². The molecule has 0 aromatic heterocycles. The summed E-state index contributed by atoms with van der Waals surface area (Å²) in [4.78, 5) is 23.6. The summed E-state index contributed by atoms with van der Waals surface area (Å²) in [6, 6.07) is 3.65. The number of amides is 2. The van der Waals surface area contributed by atoms with Crippen molar-refractivity contribution in [3.63, 3.8) is 0 Å². The van der Waals surface area contributed by atoms with Gasteiger partial charge in [0.25, 0.3) is 5.91 Å². The Morgan fingerprint density at radius 2 is 2.29 bits per heavy atom. The molecular weight excluding hydrogens is 227 g/mol. The van der Waals surface area contributed by atoms with Crippen LogP contribution < -0.4 is 10.6 Å².